The van der Waals surface area contributed by atoms with Crippen LogP contribution in [0, 0.1) is 6.92 Å². The zero-order valence-corrected chi connectivity index (χ0v) is 14.1. The van der Waals surface area contributed by atoms with E-state index in [1.165, 1.54) is 6.20 Å². The summed E-state index contributed by atoms with van der Waals surface area (Å²) in [6.07, 6.45) is 5.18. The predicted octanol–water partition coefficient (Wildman–Crippen LogP) is -0.239. The molecule has 3 rings (SSSR count). The number of hydrogen-bond acceptors (Lipinski definition) is 6. The lowest BCUT2D eigenvalue weighted by Gasteiger charge is -2.41. The number of amides is 2. The predicted molar refractivity (Wildman–Crippen MR) is 88.0 cm³/mol. The van der Waals surface area contributed by atoms with Gasteiger partial charge in [-0.25, -0.2) is 4.98 Å². The Labute approximate surface area is 141 Å². The number of carbonyl (C=O) groups is 2. The van der Waals surface area contributed by atoms with Crippen LogP contribution >= 0.6 is 0 Å². The smallest absolute Gasteiger partial charge is 0.271 e. The van der Waals surface area contributed by atoms with Crippen LogP contribution in [0.1, 0.15) is 42.4 Å². The van der Waals surface area contributed by atoms with Gasteiger partial charge in [-0.3, -0.25) is 24.8 Å². The SMILES string of the molecule is Cc1cnc(C(=O)NC2CCN(C3NC(=O)CC(C)N3)CC2)cn1. The summed E-state index contributed by atoms with van der Waals surface area (Å²) in [7, 11) is 0. The van der Waals surface area contributed by atoms with Gasteiger partial charge in [-0.2, -0.15) is 0 Å². The molecule has 1 aromatic rings. The molecule has 2 aliphatic rings. The maximum absolute atomic E-state index is 12.2. The molecule has 24 heavy (non-hydrogen) atoms. The highest BCUT2D eigenvalue weighted by molar-refractivity contribution is 5.92. The molecule has 2 amide bonds. The molecule has 130 valence electrons. The molecule has 0 radical (unpaired) electrons. The molecule has 3 heterocycles. The minimum atomic E-state index is -0.182. The molecule has 2 atom stereocenters. The van der Waals surface area contributed by atoms with E-state index >= 15 is 0 Å². The molecule has 8 nitrogen and oxygen atoms in total. The first kappa shape index (κ1) is 16.8. The van der Waals surface area contributed by atoms with E-state index in [0.717, 1.165) is 31.6 Å². The Morgan fingerprint density at radius 3 is 2.67 bits per heavy atom. The van der Waals surface area contributed by atoms with Crippen molar-refractivity contribution in [3.8, 4) is 0 Å². The molecule has 0 bridgehead atoms. The summed E-state index contributed by atoms with van der Waals surface area (Å²) in [5.74, 6) is -0.0988. The minimum Gasteiger partial charge on any atom is -0.348 e. The monoisotopic (exact) mass is 332 g/mol. The Hall–Kier alpha value is -2.06. The number of carbonyl (C=O) groups excluding carboxylic acids is 2. The van der Waals surface area contributed by atoms with Crippen LogP contribution in [0.15, 0.2) is 12.4 Å². The first-order chi connectivity index (χ1) is 11.5. The van der Waals surface area contributed by atoms with Crippen LogP contribution in [-0.2, 0) is 4.79 Å². The molecular formula is C16H24N6O2. The molecule has 1 aromatic heterocycles. The van der Waals surface area contributed by atoms with Crippen molar-refractivity contribution in [1.29, 1.82) is 0 Å². The maximum Gasteiger partial charge on any atom is 0.271 e. The number of hydrogen-bond donors (Lipinski definition) is 3. The minimum absolute atomic E-state index is 0.0830. The second-order valence-corrected chi connectivity index (χ2v) is 6.57. The zero-order valence-electron chi connectivity index (χ0n) is 14.1. The van der Waals surface area contributed by atoms with E-state index in [4.69, 9.17) is 0 Å². The van der Waals surface area contributed by atoms with Crippen molar-refractivity contribution in [2.24, 2.45) is 0 Å². The largest absolute Gasteiger partial charge is 0.348 e. The molecule has 2 aliphatic heterocycles. The van der Waals surface area contributed by atoms with Crippen molar-refractivity contribution < 1.29 is 9.59 Å². The van der Waals surface area contributed by atoms with E-state index in [1.807, 2.05) is 13.8 Å². The fourth-order valence-electron chi connectivity index (χ4n) is 3.13. The van der Waals surface area contributed by atoms with Crippen LogP contribution in [0.4, 0.5) is 0 Å². The van der Waals surface area contributed by atoms with Gasteiger partial charge in [0.2, 0.25) is 5.91 Å². The Morgan fingerprint density at radius 2 is 2.04 bits per heavy atom. The Bertz CT molecular complexity index is 597. The lowest BCUT2D eigenvalue weighted by molar-refractivity contribution is -0.127. The van der Waals surface area contributed by atoms with Crippen molar-refractivity contribution in [2.45, 2.75) is 51.5 Å². The Kier molecular flexibility index (Phi) is 5.06. The van der Waals surface area contributed by atoms with E-state index in [1.54, 1.807) is 6.20 Å². The van der Waals surface area contributed by atoms with E-state index in [0.29, 0.717) is 12.1 Å². The number of piperidine rings is 1. The molecule has 0 aliphatic carbocycles. The van der Waals surface area contributed by atoms with Gasteiger partial charge in [0, 0.05) is 37.8 Å². The van der Waals surface area contributed by atoms with E-state index in [2.05, 4.69) is 30.8 Å². The maximum atomic E-state index is 12.2. The van der Waals surface area contributed by atoms with Gasteiger partial charge in [-0.1, -0.05) is 0 Å². The average Bonchev–Trinajstić information content (AvgIpc) is 2.55. The first-order valence-corrected chi connectivity index (χ1v) is 8.40. The van der Waals surface area contributed by atoms with Gasteiger partial charge in [0.25, 0.3) is 5.91 Å². The second-order valence-electron chi connectivity index (χ2n) is 6.57. The third-order valence-electron chi connectivity index (χ3n) is 4.48. The number of rotatable bonds is 3. The third kappa shape index (κ3) is 4.07. The molecular weight excluding hydrogens is 308 g/mol. The highest BCUT2D eigenvalue weighted by atomic mass is 16.2. The number of likely N-dealkylation sites (tertiary alicyclic amines) is 1. The fourth-order valence-corrected chi connectivity index (χ4v) is 3.13. The topological polar surface area (TPSA) is 99.3 Å². The summed E-state index contributed by atoms with van der Waals surface area (Å²) in [4.78, 5) is 34.3. The quantitative estimate of drug-likeness (QED) is 0.707. The Balaban J connectivity index is 1.49. The van der Waals surface area contributed by atoms with Crippen LogP contribution in [0.25, 0.3) is 0 Å². The van der Waals surface area contributed by atoms with Gasteiger partial charge in [-0.15, -0.1) is 0 Å². The van der Waals surface area contributed by atoms with Crippen molar-refractivity contribution in [1.82, 2.24) is 30.8 Å². The molecule has 0 spiro atoms. The van der Waals surface area contributed by atoms with Crippen molar-refractivity contribution in [3.05, 3.63) is 23.8 Å². The van der Waals surface area contributed by atoms with Gasteiger partial charge in [-0.05, 0) is 26.7 Å². The molecule has 2 saturated heterocycles. The first-order valence-electron chi connectivity index (χ1n) is 8.40. The number of aryl methyl sites for hydroxylation is 1. The van der Waals surface area contributed by atoms with Crippen LogP contribution in [0.2, 0.25) is 0 Å². The van der Waals surface area contributed by atoms with Crippen molar-refractivity contribution >= 4 is 11.8 Å². The molecule has 8 heteroatoms. The van der Waals surface area contributed by atoms with E-state index < -0.39 is 0 Å². The number of nitrogens with zero attached hydrogens (tertiary/aromatic N) is 3. The second kappa shape index (κ2) is 7.23. The molecule has 0 aromatic carbocycles. The lowest BCUT2D eigenvalue weighted by atomic mass is 10.0. The van der Waals surface area contributed by atoms with Gasteiger partial charge in [0.05, 0.1) is 11.9 Å². The van der Waals surface area contributed by atoms with Crippen LogP contribution < -0.4 is 16.0 Å². The van der Waals surface area contributed by atoms with E-state index in [9.17, 15) is 9.59 Å². The molecule has 2 fully saturated rings. The van der Waals surface area contributed by atoms with Gasteiger partial charge in [0.15, 0.2) is 0 Å². The van der Waals surface area contributed by atoms with Gasteiger partial charge >= 0.3 is 0 Å². The summed E-state index contributed by atoms with van der Waals surface area (Å²) < 4.78 is 0. The third-order valence-corrected chi connectivity index (χ3v) is 4.48. The summed E-state index contributed by atoms with van der Waals surface area (Å²) >= 11 is 0. The molecule has 3 N–H and O–H groups in total. The average molecular weight is 332 g/mol. The number of nitrogens with one attached hydrogen (secondary N) is 3. The fraction of sp³-hybridized carbons (Fsp3) is 0.625. The standard InChI is InChI=1S/C16H24N6O2/c1-10-7-14(23)21-16(19-10)22-5-3-12(4-6-22)20-15(24)13-9-17-11(2)8-18-13/h8-10,12,16,19H,3-7H2,1-2H3,(H,20,24)(H,21,23). The summed E-state index contributed by atoms with van der Waals surface area (Å²) in [5, 5.41) is 9.38. The highest BCUT2D eigenvalue weighted by Gasteiger charge is 2.30. The molecule has 0 saturated carbocycles. The van der Waals surface area contributed by atoms with E-state index in [-0.39, 0.29) is 30.2 Å². The lowest BCUT2D eigenvalue weighted by Crippen LogP contribution is -2.65. The van der Waals surface area contributed by atoms with Gasteiger partial charge in [0.1, 0.15) is 12.0 Å². The molecule has 2 unspecified atom stereocenters. The van der Waals surface area contributed by atoms with Crippen LogP contribution in [0.3, 0.4) is 0 Å². The number of aromatic nitrogens is 2. The van der Waals surface area contributed by atoms with Crippen LogP contribution in [0.5, 0.6) is 0 Å². The zero-order chi connectivity index (χ0) is 17.1. The normalized spacial score (nSPS) is 26.0. The summed E-state index contributed by atoms with van der Waals surface area (Å²) in [6.45, 7) is 5.48. The summed E-state index contributed by atoms with van der Waals surface area (Å²) in [6, 6.07) is 0.301. The highest BCUT2D eigenvalue weighted by Crippen LogP contribution is 2.14. The van der Waals surface area contributed by atoms with Crippen molar-refractivity contribution in [3.63, 3.8) is 0 Å². The summed E-state index contributed by atoms with van der Waals surface area (Å²) in [5.41, 5.74) is 1.13. The Morgan fingerprint density at radius 1 is 1.29 bits per heavy atom. The van der Waals surface area contributed by atoms with Crippen LogP contribution in [-0.4, -0.2) is 58.1 Å². The van der Waals surface area contributed by atoms with Crippen molar-refractivity contribution in [2.75, 3.05) is 13.1 Å². The van der Waals surface area contributed by atoms with Gasteiger partial charge < -0.3 is 10.6 Å².